The lowest BCUT2D eigenvalue weighted by Crippen LogP contribution is -2.51. The van der Waals surface area contributed by atoms with Crippen LogP contribution in [-0.4, -0.2) is 47.0 Å². The highest BCUT2D eigenvalue weighted by molar-refractivity contribution is 7.17. The molecule has 2 aliphatic rings. The van der Waals surface area contributed by atoms with Gasteiger partial charge < -0.3 is 9.80 Å². The topological polar surface area (TPSA) is 49.3 Å². The van der Waals surface area contributed by atoms with E-state index in [0.717, 1.165) is 55.1 Å². The van der Waals surface area contributed by atoms with Gasteiger partial charge >= 0.3 is 0 Å². The molecule has 2 aromatic rings. The Bertz CT molecular complexity index is 658. The van der Waals surface area contributed by atoms with Crippen LogP contribution >= 0.6 is 11.3 Å². The maximum Gasteiger partial charge on any atom is 0.225 e. The van der Waals surface area contributed by atoms with Crippen LogP contribution in [0.2, 0.25) is 0 Å². The molecule has 6 heteroatoms. The molecule has 1 saturated carbocycles. The van der Waals surface area contributed by atoms with E-state index < -0.39 is 0 Å². The number of carbonyl (C=O) groups excluding carboxylic acids is 1. The first-order chi connectivity index (χ1) is 10.3. The number of hydrogen-bond donors (Lipinski definition) is 0. The minimum atomic E-state index is 0.305. The average molecular weight is 302 g/mol. The van der Waals surface area contributed by atoms with Crippen LogP contribution in [0.1, 0.15) is 19.3 Å². The van der Waals surface area contributed by atoms with Gasteiger partial charge in [0.25, 0.3) is 0 Å². The number of piperazine rings is 1. The number of anilines is 1. The largest absolute Gasteiger partial charge is 0.352 e. The SMILES string of the molecule is O=C(C1CCC1)N1CCN(c2ncnc3ccsc23)CC1. The van der Waals surface area contributed by atoms with E-state index in [1.807, 2.05) is 11.0 Å². The van der Waals surface area contributed by atoms with Crippen molar-refractivity contribution in [2.75, 3.05) is 31.1 Å². The van der Waals surface area contributed by atoms with Crippen molar-refractivity contribution in [3.63, 3.8) is 0 Å². The van der Waals surface area contributed by atoms with Crippen LogP contribution in [0.15, 0.2) is 17.8 Å². The van der Waals surface area contributed by atoms with Crippen molar-refractivity contribution in [2.45, 2.75) is 19.3 Å². The molecule has 0 radical (unpaired) electrons. The number of fused-ring (bicyclic) bond motifs is 1. The van der Waals surface area contributed by atoms with Crippen molar-refractivity contribution >= 4 is 33.3 Å². The molecule has 4 rings (SSSR count). The van der Waals surface area contributed by atoms with Crippen molar-refractivity contribution in [1.29, 1.82) is 0 Å². The minimum Gasteiger partial charge on any atom is -0.352 e. The summed E-state index contributed by atoms with van der Waals surface area (Å²) in [5.41, 5.74) is 1.01. The van der Waals surface area contributed by atoms with Gasteiger partial charge in [0.05, 0.1) is 10.2 Å². The lowest BCUT2D eigenvalue weighted by atomic mass is 9.84. The molecule has 3 heterocycles. The Morgan fingerprint density at radius 1 is 1.19 bits per heavy atom. The summed E-state index contributed by atoms with van der Waals surface area (Å²) in [6.07, 6.45) is 5.02. The first kappa shape index (κ1) is 13.0. The molecule has 1 amide bonds. The highest BCUT2D eigenvalue weighted by Crippen LogP contribution is 2.30. The average Bonchev–Trinajstić information content (AvgIpc) is 2.94. The first-order valence-corrected chi connectivity index (χ1v) is 8.43. The molecule has 110 valence electrons. The smallest absolute Gasteiger partial charge is 0.225 e. The third-order valence-corrected chi connectivity index (χ3v) is 5.47. The zero-order valence-corrected chi connectivity index (χ0v) is 12.7. The summed E-state index contributed by atoms with van der Waals surface area (Å²) in [6, 6.07) is 2.03. The van der Waals surface area contributed by atoms with Gasteiger partial charge in [-0.3, -0.25) is 4.79 Å². The van der Waals surface area contributed by atoms with E-state index in [2.05, 4.69) is 20.2 Å². The van der Waals surface area contributed by atoms with Gasteiger partial charge in [-0.1, -0.05) is 6.42 Å². The standard InChI is InChI=1S/C15H18N4OS/c20-15(11-2-1-3-11)19-7-5-18(6-8-19)14-13-12(4-9-21-13)16-10-17-14/h4,9-11H,1-3,5-8H2. The molecule has 2 aromatic heterocycles. The monoisotopic (exact) mass is 302 g/mol. The highest BCUT2D eigenvalue weighted by atomic mass is 32.1. The third kappa shape index (κ3) is 2.27. The van der Waals surface area contributed by atoms with Gasteiger partial charge in [-0.25, -0.2) is 9.97 Å². The summed E-state index contributed by atoms with van der Waals surface area (Å²) >= 11 is 1.69. The molecule has 1 aliphatic heterocycles. The maximum atomic E-state index is 12.3. The van der Waals surface area contributed by atoms with Crippen LogP contribution in [0.5, 0.6) is 0 Å². The molecule has 0 bridgehead atoms. The number of nitrogens with zero attached hydrogens (tertiary/aromatic N) is 4. The molecule has 2 fully saturated rings. The fourth-order valence-electron chi connectivity index (χ4n) is 3.05. The summed E-state index contributed by atoms with van der Waals surface area (Å²) in [4.78, 5) is 25.3. The number of carbonyl (C=O) groups is 1. The number of amides is 1. The lowest BCUT2D eigenvalue weighted by Gasteiger charge is -2.38. The predicted molar refractivity (Wildman–Crippen MR) is 83.5 cm³/mol. The summed E-state index contributed by atoms with van der Waals surface area (Å²) in [6.45, 7) is 3.35. The molecule has 1 saturated heterocycles. The number of rotatable bonds is 2. The third-order valence-electron chi connectivity index (χ3n) is 4.57. The Hall–Kier alpha value is -1.69. The Morgan fingerprint density at radius 3 is 2.71 bits per heavy atom. The summed E-state index contributed by atoms with van der Waals surface area (Å²) in [7, 11) is 0. The second kappa shape index (κ2) is 5.26. The number of hydrogen-bond acceptors (Lipinski definition) is 5. The van der Waals surface area contributed by atoms with Crippen LogP contribution in [0.3, 0.4) is 0 Å². The summed E-state index contributed by atoms with van der Waals surface area (Å²) in [5, 5.41) is 2.05. The molecular formula is C15H18N4OS. The van der Waals surface area contributed by atoms with Crippen LogP contribution in [0, 0.1) is 5.92 Å². The van der Waals surface area contributed by atoms with Crippen molar-refractivity contribution in [3.8, 4) is 0 Å². The van der Waals surface area contributed by atoms with Crippen LogP contribution < -0.4 is 4.90 Å². The van der Waals surface area contributed by atoms with E-state index in [0.29, 0.717) is 11.8 Å². The van der Waals surface area contributed by atoms with E-state index in [1.165, 1.54) is 6.42 Å². The molecule has 0 unspecified atom stereocenters. The van der Waals surface area contributed by atoms with Gasteiger partial charge in [0.15, 0.2) is 0 Å². The molecule has 1 aliphatic carbocycles. The van der Waals surface area contributed by atoms with Gasteiger partial charge in [0.1, 0.15) is 12.1 Å². The normalized spacial score (nSPS) is 19.8. The molecule has 0 N–H and O–H groups in total. The molecule has 0 spiro atoms. The number of aromatic nitrogens is 2. The zero-order chi connectivity index (χ0) is 14.2. The molecule has 0 aromatic carbocycles. The lowest BCUT2D eigenvalue weighted by molar-refractivity contribution is -0.138. The Kier molecular flexibility index (Phi) is 3.25. The Balaban J connectivity index is 1.47. The minimum absolute atomic E-state index is 0.305. The van der Waals surface area contributed by atoms with Gasteiger partial charge in [-0.05, 0) is 24.3 Å². The maximum absolute atomic E-state index is 12.3. The van der Waals surface area contributed by atoms with E-state index >= 15 is 0 Å². The Morgan fingerprint density at radius 2 is 2.00 bits per heavy atom. The van der Waals surface area contributed by atoms with Gasteiger partial charge in [-0.2, -0.15) is 0 Å². The van der Waals surface area contributed by atoms with Crippen molar-refractivity contribution in [2.24, 2.45) is 5.92 Å². The van der Waals surface area contributed by atoms with E-state index in [4.69, 9.17) is 0 Å². The second-order valence-corrected chi connectivity index (χ2v) is 6.69. The van der Waals surface area contributed by atoms with Crippen LogP contribution in [0.25, 0.3) is 10.2 Å². The molecular weight excluding hydrogens is 284 g/mol. The molecule has 21 heavy (non-hydrogen) atoms. The van der Waals surface area contributed by atoms with E-state index in [1.54, 1.807) is 17.7 Å². The highest BCUT2D eigenvalue weighted by Gasteiger charge is 2.31. The zero-order valence-electron chi connectivity index (χ0n) is 11.9. The Labute approximate surface area is 127 Å². The van der Waals surface area contributed by atoms with E-state index in [9.17, 15) is 4.79 Å². The first-order valence-electron chi connectivity index (χ1n) is 7.55. The van der Waals surface area contributed by atoms with Crippen molar-refractivity contribution in [3.05, 3.63) is 17.8 Å². The fraction of sp³-hybridized carbons (Fsp3) is 0.533. The van der Waals surface area contributed by atoms with Crippen molar-refractivity contribution < 1.29 is 4.79 Å². The molecule has 5 nitrogen and oxygen atoms in total. The van der Waals surface area contributed by atoms with Crippen LogP contribution in [-0.2, 0) is 4.79 Å². The predicted octanol–water partition coefficient (Wildman–Crippen LogP) is 2.14. The van der Waals surface area contributed by atoms with Gasteiger partial charge in [0, 0.05) is 32.1 Å². The van der Waals surface area contributed by atoms with Crippen LogP contribution in [0.4, 0.5) is 5.82 Å². The van der Waals surface area contributed by atoms with Gasteiger partial charge in [0.2, 0.25) is 5.91 Å². The molecule has 0 atom stereocenters. The van der Waals surface area contributed by atoms with E-state index in [-0.39, 0.29) is 0 Å². The quantitative estimate of drug-likeness (QED) is 0.853. The van der Waals surface area contributed by atoms with Crippen molar-refractivity contribution in [1.82, 2.24) is 14.9 Å². The fourth-order valence-corrected chi connectivity index (χ4v) is 3.91. The van der Waals surface area contributed by atoms with Gasteiger partial charge in [-0.15, -0.1) is 11.3 Å². The number of thiophene rings is 1. The summed E-state index contributed by atoms with van der Waals surface area (Å²) < 4.78 is 1.15. The summed E-state index contributed by atoms with van der Waals surface area (Å²) in [5.74, 6) is 1.69. The second-order valence-electron chi connectivity index (χ2n) is 5.77.